The van der Waals surface area contributed by atoms with Crippen LogP contribution < -0.4 is 5.32 Å². The molecule has 5 rings (SSSR count). The Morgan fingerprint density at radius 1 is 1.30 bits per heavy atom. The number of thiazole rings is 1. The number of aliphatic carboxylic acids is 1. The van der Waals surface area contributed by atoms with Crippen LogP contribution >= 0.6 is 22.9 Å². The summed E-state index contributed by atoms with van der Waals surface area (Å²) in [5.41, 5.74) is -1.57. The van der Waals surface area contributed by atoms with Crippen LogP contribution in [-0.4, -0.2) is 88.8 Å². The zero-order valence-corrected chi connectivity index (χ0v) is 24.6. The van der Waals surface area contributed by atoms with Crippen LogP contribution in [-0.2, 0) is 19.1 Å². The number of rotatable bonds is 8. The molecule has 0 bridgehead atoms. The summed E-state index contributed by atoms with van der Waals surface area (Å²) < 4.78 is 64.2. The van der Waals surface area contributed by atoms with Gasteiger partial charge in [0, 0.05) is 48.5 Å². The van der Waals surface area contributed by atoms with Crippen molar-refractivity contribution in [3.63, 3.8) is 0 Å². The molecule has 16 heteroatoms. The number of esters is 1. The van der Waals surface area contributed by atoms with E-state index in [9.17, 15) is 28.3 Å². The fraction of sp³-hybridized carbons (Fsp3) is 0.444. The quantitative estimate of drug-likeness (QED) is 0.255. The topological polar surface area (TPSA) is 124 Å². The second-order valence-electron chi connectivity index (χ2n) is 11.1. The lowest BCUT2D eigenvalue weighted by Crippen LogP contribution is -2.45. The summed E-state index contributed by atoms with van der Waals surface area (Å²) in [5, 5.41) is 13.9. The van der Waals surface area contributed by atoms with Crippen molar-refractivity contribution >= 4 is 46.6 Å². The number of fused-ring (bicyclic) bond motifs is 1. The molecule has 10 nitrogen and oxygen atoms in total. The molecule has 1 aromatic carbocycles. The van der Waals surface area contributed by atoms with E-state index in [-0.39, 0.29) is 42.3 Å². The van der Waals surface area contributed by atoms with Gasteiger partial charge in [0.15, 0.2) is 22.5 Å². The molecule has 3 atom stereocenters. The lowest BCUT2D eigenvalue weighted by molar-refractivity contribution is -0.150. The standard InChI is InChI=1S/C27H26ClF4N5O5S/c1-26(2,25(40)41)10-37-9-15-17(23(37)38)27(31,32)11-36(15)8-14-16(24(39)42-3)20(12-4-5-13(29)19(30)18(12)28)35-21(34-14)22-33-6-7-43-22/h4-7,15,17,20H,8-11H2,1-3H3,(H,34,35)(H,40,41)/t15-,17-,20-/m0/s1. The van der Waals surface area contributed by atoms with E-state index in [2.05, 4.69) is 15.3 Å². The van der Waals surface area contributed by atoms with Crippen molar-refractivity contribution in [2.75, 3.05) is 33.3 Å². The summed E-state index contributed by atoms with van der Waals surface area (Å²) in [4.78, 5) is 49.1. The van der Waals surface area contributed by atoms with Gasteiger partial charge in [-0.15, -0.1) is 11.3 Å². The molecule has 2 N–H and O–H groups in total. The number of nitrogens with zero attached hydrogens (tertiary/aromatic N) is 4. The molecule has 3 aliphatic rings. The van der Waals surface area contributed by atoms with Gasteiger partial charge in [0.2, 0.25) is 5.91 Å². The molecule has 4 heterocycles. The number of carbonyl (C=O) groups is 3. The summed E-state index contributed by atoms with van der Waals surface area (Å²) in [5.74, 6) is -10.6. The normalized spacial score (nSPS) is 23.7. The Bertz CT molecular complexity index is 1550. The Morgan fingerprint density at radius 3 is 2.65 bits per heavy atom. The molecule has 0 unspecified atom stereocenters. The number of amides is 1. The summed E-state index contributed by atoms with van der Waals surface area (Å²) in [7, 11) is 1.09. The second-order valence-corrected chi connectivity index (χ2v) is 12.4. The highest BCUT2D eigenvalue weighted by Gasteiger charge is 2.63. The van der Waals surface area contributed by atoms with Gasteiger partial charge in [0.25, 0.3) is 5.92 Å². The summed E-state index contributed by atoms with van der Waals surface area (Å²) in [6.45, 7) is 1.20. The van der Waals surface area contributed by atoms with Gasteiger partial charge in [-0.3, -0.25) is 19.5 Å². The number of hydrogen-bond donors (Lipinski definition) is 2. The maximum atomic E-state index is 15.4. The predicted octanol–water partition coefficient (Wildman–Crippen LogP) is 3.48. The number of methoxy groups -OCH3 is 1. The highest BCUT2D eigenvalue weighted by atomic mass is 35.5. The largest absolute Gasteiger partial charge is 0.481 e. The maximum Gasteiger partial charge on any atom is 0.338 e. The Hall–Kier alpha value is -3.56. The van der Waals surface area contributed by atoms with Crippen LogP contribution in [0.2, 0.25) is 5.02 Å². The van der Waals surface area contributed by atoms with Crippen molar-refractivity contribution < 1.29 is 41.8 Å². The molecule has 0 spiro atoms. The van der Waals surface area contributed by atoms with Crippen molar-refractivity contribution in [3.05, 3.63) is 62.2 Å². The number of hydrogen-bond acceptors (Lipinski definition) is 9. The van der Waals surface area contributed by atoms with Crippen LogP contribution in [0, 0.1) is 23.0 Å². The van der Waals surface area contributed by atoms with Crippen molar-refractivity contribution in [2.24, 2.45) is 16.3 Å². The molecule has 1 aromatic heterocycles. The van der Waals surface area contributed by atoms with Crippen molar-refractivity contribution in [2.45, 2.75) is 31.9 Å². The summed E-state index contributed by atoms with van der Waals surface area (Å²) >= 11 is 7.34. The van der Waals surface area contributed by atoms with E-state index >= 15 is 8.78 Å². The van der Waals surface area contributed by atoms with Crippen molar-refractivity contribution in [3.8, 4) is 0 Å². The highest BCUT2D eigenvalue weighted by molar-refractivity contribution is 7.11. The highest BCUT2D eigenvalue weighted by Crippen LogP contribution is 2.45. The molecule has 230 valence electrons. The average molecular weight is 644 g/mol. The van der Waals surface area contributed by atoms with E-state index in [4.69, 9.17) is 16.3 Å². The first kappa shape index (κ1) is 30.9. The average Bonchev–Trinajstić information content (AvgIpc) is 3.64. The predicted molar refractivity (Wildman–Crippen MR) is 147 cm³/mol. The van der Waals surface area contributed by atoms with E-state index in [0.29, 0.717) is 5.01 Å². The van der Waals surface area contributed by atoms with E-state index in [0.717, 1.165) is 24.1 Å². The zero-order chi connectivity index (χ0) is 31.4. The number of alkyl halides is 2. The van der Waals surface area contributed by atoms with Crippen LogP contribution in [0.15, 0.2) is 40.0 Å². The number of aromatic nitrogens is 1. The number of carboxylic acid groups (broad SMARTS) is 1. The molecule has 43 heavy (non-hydrogen) atoms. The first-order valence-corrected chi connectivity index (χ1v) is 14.3. The zero-order valence-electron chi connectivity index (χ0n) is 23.0. The second kappa shape index (κ2) is 11.2. The SMILES string of the molecule is COC(=O)C1=C(CN2CC(F)(F)[C@@H]3C(=O)N(CC(C)(C)C(=O)O)C[C@@H]32)NC(c2nccs2)=N[C@H]1c1ccc(F)c(F)c1Cl. The molecule has 0 saturated carbocycles. The molecule has 2 aromatic rings. The van der Waals surface area contributed by atoms with Gasteiger partial charge in [-0.2, -0.15) is 0 Å². The lowest BCUT2D eigenvalue weighted by Gasteiger charge is -2.32. The van der Waals surface area contributed by atoms with Gasteiger partial charge < -0.3 is 20.1 Å². The molecule has 1 amide bonds. The third kappa shape index (κ3) is 5.49. The number of aliphatic imine (C=N–C) groups is 1. The number of carbonyl (C=O) groups excluding carboxylic acids is 2. The van der Waals surface area contributed by atoms with Gasteiger partial charge in [-0.25, -0.2) is 27.3 Å². The fourth-order valence-electron chi connectivity index (χ4n) is 5.62. The molecular formula is C27H26ClF4N5O5S. The van der Waals surface area contributed by atoms with Crippen LogP contribution in [0.1, 0.15) is 30.5 Å². The number of likely N-dealkylation sites (tertiary alicyclic amines) is 2. The minimum absolute atomic E-state index is 0.0612. The number of halogens is 5. The monoisotopic (exact) mass is 643 g/mol. The third-order valence-corrected chi connectivity index (χ3v) is 8.92. The van der Waals surface area contributed by atoms with E-state index < -0.39 is 70.4 Å². The van der Waals surface area contributed by atoms with E-state index in [1.807, 2.05) is 0 Å². The molecule has 3 aliphatic heterocycles. The Morgan fingerprint density at radius 2 is 2.02 bits per heavy atom. The molecule has 0 radical (unpaired) electrons. The minimum atomic E-state index is -3.46. The summed E-state index contributed by atoms with van der Waals surface area (Å²) in [6.07, 6.45) is 1.49. The van der Waals surface area contributed by atoms with E-state index in [1.165, 1.54) is 36.3 Å². The molecule has 0 aliphatic carbocycles. The third-order valence-electron chi connectivity index (χ3n) is 7.76. The summed E-state index contributed by atoms with van der Waals surface area (Å²) in [6, 6.07) is -0.359. The maximum absolute atomic E-state index is 15.4. The van der Waals surface area contributed by atoms with Gasteiger partial charge in [0.05, 0.1) is 29.7 Å². The van der Waals surface area contributed by atoms with Crippen LogP contribution in [0.5, 0.6) is 0 Å². The first-order valence-electron chi connectivity index (χ1n) is 13.0. The smallest absolute Gasteiger partial charge is 0.338 e. The van der Waals surface area contributed by atoms with Gasteiger partial charge in [-0.1, -0.05) is 17.7 Å². The van der Waals surface area contributed by atoms with Gasteiger partial charge >= 0.3 is 11.9 Å². The van der Waals surface area contributed by atoms with Crippen molar-refractivity contribution in [1.29, 1.82) is 0 Å². The molecule has 2 fully saturated rings. The number of ether oxygens (including phenoxy) is 1. The fourth-order valence-corrected chi connectivity index (χ4v) is 6.46. The molecular weight excluding hydrogens is 618 g/mol. The van der Waals surface area contributed by atoms with Gasteiger partial charge in [-0.05, 0) is 19.9 Å². The number of nitrogens with one attached hydrogen (secondary N) is 1. The lowest BCUT2D eigenvalue weighted by atomic mass is 9.93. The number of benzene rings is 1. The van der Waals surface area contributed by atoms with E-state index in [1.54, 1.807) is 5.38 Å². The molecule has 2 saturated heterocycles. The van der Waals surface area contributed by atoms with Crippen LogP contribution in [0.3, 0.4) is 0 Å². The number of amidine groups is 1. The van der Waals surface area contributed by atoms with Crippen molar-refractivity contribution in [1.82, 2.24) is 20.1 Å². The first-order chi connectivity index (χ1) is 20.2. The van der Waals surface area contributed by atoms with Crippen LogP contribution in [0.25, 0.3) is 0 Å². The van der Waals surface area contributed by atoms with Crippen LogP contribution in [0.4, 0.5) is 17.6 Å². The Kier molecular flexibility index (Phi) is 8.03. The Balaban J connectivity index is 1.56. The Labute approximate surface area is 252 Å². The number of carboxylic acids is 1. The minimum Gasteiger partial charge on any atom is -0.481 e. The van der Waals surface area contributed by atoms with Gasteiger partial charge in [0.1, 0.15) is 12.0 Å².